The number of hydrogen-bond donors (Lipinski definition) is 2. The van der Waals surface area contributed by atoms with Crippen LogP contribution < -0.4 is 0 Å². The Labute approximate surface area is 159 Å². The fourth-order valence-electron chi connectivity index (χ4n) is 3.19. The van der Waals surface area contributed by atoms with Crippen molar-refractivity contribution in [3.05, 3.63) is 60.0 Å². The molecule has 0 bridgehead atoms. The standard InChI is InChI=1S/C20H16N6O2/c1-11-3-4-13(7-12(11)2)26-19-16(9-22-26)20-23-18(24-25(20)10-21-19)15-6-5-14(27)8-17(15)28/h3-10,27-28H,1-2H3. The lowest BCUT2D eigenvalue weighted by atomic mass is 10.1. The molecule has 0 atom stereocenters. The van der Waals surface area contributed by atoms with Crippen LogP contribution in [0.3, 0.4) is 0 Å². The van der Waals surface area contributed by atoms with E-state index in [1.165, 1.54) is 23.3 Å². The first kappa shape index (κ1) is 16.2. The maximum atomic E-state index is 10.1. The number of nitrogens with zero attached hydrogens (tertiary/aromatic N) is 6. The number of hydrogen-bond acceptors (Lipinski definition) is 6. The summed E-state index contributed by atoms with van der Waals surface area (Å²) in [6, 6.07) is 10.4. The Hall–Kier alpha value is -3.94. The third-order valence-electron chi connectivity index (χ3n) is 4.86. The Kier molecular flexibility index (Phi) is 3.35. The Morgan fingerprint density at radius 2 is 1.79 bits per heavy atom. The number of aromatic nitrogens is 6. The maximum Gasteiger partial charge on any atom is 0.185 e. The number of phenols is 2. The fraction of sp³-hybridized carbons (Fsp3) is 0.100. The van der Waals surface area contributed by atoms with Gasteiger partial charge in [-0.2, -0.15) is 5.10 Å². The highest BCUT2D eigenvalue weighted by Crippen LogP contribution is 2.31. The molecular formula is C20H16N6O2. The molecule has 0 aliphatic heterocycles. The molecule has 2 N–H and O–H groups in total. The first-order valence-corrected chi connectivity index (χ1v) is 8.70. The van der Waals surface area contributed by atoms with E-state index in [9.17, 15) is 10.2 Å². The van der Waals surface area contributed by atoms with E-state index in [0.29, 0.717) is 22.7 Å². The smallest absolute Gasteiger partial charge is 0.185 e. The van der Waals surface area contributed by atoms with Crippen molar-refractivity contribution < 1.29 is 10.2 Å². The Morgan fingerprint density at radius 1 is 0.929 bits per heavy atom. The highest BCUT2D eigenvalue weighted by atomic mass is 16.3. The number of phenolic OH excluding ortho intramolecular Hbond substituents is 2. The zero-order valence-corrected chi connectivity index (χ0v) is 15.2. The number of rotatable bonds is 2. The van der Waals surface area contributed by atoms with Gasteiger partial charge in [-0.05, 0) is 49.2 Å². The van der Waals surface area contributed by atoms with Gasteiger partial charge < -0.3 is 10.2 Å². The van der Waals surface area contributed by atoms with Gasteiger partial charge in [0, 0.05) is 6.07 Å². The van der Waals surface area contributed by atoms with Crippen molar-refractivity contribution >= 4 is 16.7 Å². The summed E-state index contributed by atoms with van der Waals surface area (Å²) in [4.78, 5) is 9.06. The topological polar surface area (TPSA) is 101 Å². The second-order valence-corrected chi connectivity index (χ2v) is 6.71. The van der Waals surface area contributed by atoms with Crippen molar-refractivity contribution in [2.75, 3.05) is 0 Å². The molecule has 2 aromatic carbocycles. The predicted octanol–water partition coefficient (Wildman–Crippen LogP) is 3.16. The van der Waals surface area contributed by atoms with Gasteiger partial charge in [-0.25, -0.2) is 19.2 Å². The lowest BCUT2D eigenvalue weighted by Gasteiger charge is -2.06. The summed E-state index contributed by atoms with van der Waals surface area (Å²) in [6.07, 6.45) is 3.28. The van der Waals surface area contributed by atoms with E-state index in [4.69, 9.17) is 0 Å². The van der Waals surface area contributed by atoms with Crippen LogP contribution in [0.1, 0.15) is 11.1 Å². The number of fused-ring (bicyclic) bond motifs is 3. The van der Waals surface area contributed by atoms with Gasteiger partial charge in [0.15, 0.2) is 17.1 Å². The van der Waals surface area contributed by atoms with Gasteiger partial charge in [0.25, 0.3) is 0 Å². The van der Waals surface area contributed by atoms with Crippen molar-refractivity contribution in [2.45, 2.75) is 13.8 Å². The largest absolute Gasteiger partial charge is 0.508 e. The second kappa shape index (κ2) is 5.78. The average Bonchev–Trinajstić information content (AvgIpc) is 3.27. The average molecular weight is 372 g/mol. The summed E-state index contributed by atoms with van der Waals surface area (Å²) >= 11 is 0. The van der Waals surface area contributed by atoms with E-state index < -0.39 is 0 Å². The fourth-order valence-corrected chi connectivity index (χ4v) is 3.19. The van der Waals surface area contributed by atoms with Gasteiger partial charge in [0.1, 0.15) is 17.8 Å². The molecule has 0 saturated carbocycles. The molecule has 8 heteroatoms. The Morgan fingerprint density at radius 3 is 2.57 bits per heavy atom. The summed E-state index contributed by atoms with van der Waals surface area (Å²) < 4.78 is 3.32. The predicted molar refractivity (Wildman–Crippen MR) is 104 cm³/mol. The van der Waals surface area contributed by atoms with Gasteiger partial charge in [-0.1, -0.05) is 6.07 Å². The van der Waals surface area contributed by atoms with Crippen LogP contribution in [0.5, 0.6) is 11.5 Å². The van der Waals surface area contributed by atoms with Crippen LogP contribution in [0.15, 0.2) is 48.9 Å². The van der Waals surface area contributed by atoms with Crippen LogP contribution in [-0.4, -0.2) is 39.6 Å². The monoisotopic (exact) mass is 372 g/mol. The first-order chi connectivity index (χ1) is 13.5. The van der Waals surface area contributed by atoms with Crippen LogP contribution >= 0.6 is 0 Å². The van der Waals surface area contributed by atoms with Gasteiger partial charge in [-0.15, -0.1) is 5.10 Å². The normalized spacial score (nSPS) is 11.5. The van der Waals surface area contributed by atoms with E-state index in [0.717, 1.165) is 11.1 Å². The lowest BCUT2D eigenvalue weighted by Crippen LogP contribution is -1.99. The molecule has 0 fully saturated rings. The molecule has 3 heterocycles. The van der Waals surface area contributed by atoms with Crippen molar-refractivity contribution in [1.29, 1.82) is 0 Å². The zero-order valence-electron chi connectivity index (χ0n) is 15.2. The molecule has 0 amide bonds. The summed E-state index contributed by atoms with van der Waals surface area (Å²) in [5.74, 6) is 0.223. The van der Waals surface area contributed by atoms with Crippen LogP contribution in [0.25, 0.3) is 33.8 Å². The number of aromatic hydroxyl groups is 2. The minimum atomic E-state index is -0.0917. The number of aryl methyl sites for hydroxylation is 2. The van der Waals surface area contributed by atoms with E-state index in [1.54, 1.807) is 27.8 Å². The number of benzene rings is 2. The highest BCUT2D eigenvalue weighted by Gasteiger charge is 2.16. The zero-order chi connectivity index (χ0) is 19.4. The molecule has 28 heavy (non-hydrogen) atoms. The van der Waals surface area contributed by atoms with Gasteiger partial charge in [0.05, 0.1) is 22.8 Å². The third-order valence-corrected chi connectivity index (χ3v) is 4.86. The van der Waals surface area contributed by atoms with Crippen LogP contribution in [0.2, 0.25) is 0 Å². The minimum Gasteiger partial charge on any atom is -0.508 e. The Bertz CT molecular complexity index is 1370. The molecule has 5 aromatic rings. The van der Waals surface area contributed by atoms with Crippen molar-refractivity contribution in [3.8, 4) is 28.6 Å². The van der Waals surface area contributed by atoms with Crippen molar-refractivity contribution in [1.82, 2.24) is 29.4 Å². The minimum absolute atomic E-state index is 0.0243. The molecule has 0 unspecified atom stereocenters. The van der Waals surface area contributed by atoms with Crippen LogP contribution in [0.4, 0.5) is 0 Å². The van der Waals surface area contributed by atoms with Crippen LogP contribution in [0, 0.1) is 13.8 Å². The quantitative estimate of drug-likeness (QED) is 0.494. The molecule has 8 nitrogen and oxygen atoms in total. The van der Waals surface area contributed by atoms with Crippen molar-refractivity contribution in [3.63, 3.8) is 0 Å². The van der Waals surface area contributed by atoms with Gasteiger partial charge in [-0.3, -0.25) is 0 Å². The first-order valence-electron chi connectivity index (χ1n) is 8.70. The second-order valence-electron chi connectivity index (χ2n) is 6.71. The molecule has 0 saturated heterocycles. The van der Waals surface area contributed by atoms with Crippen molar-refractivity contribution in [2.24, 2.45) is 0 Å². The van der Waals surface area contributed by atoms with E-state index in [-0.39, 0.29) is 11.5 Å². The van der Waals surface area contributed by atoms with E-state index >= 15 is 0 Å². The molecule has 0 radical (unpaired) electrons. The summed E-state index contributed by atoms with van der Waals surface area (Å²) in [7, 11) is 0. The molecule has 138 valence electrons. The summed E-state index contributed by atoms with van der Waals surface area (Å²) in [5.41, 5.74) is 5.00. The molecule has 5 rings (SSSR count). The maximum absolute atomic E-state index is 10.1. The molecule has 3 aromatic heterocycles. The highest BCUT2D eigenvalue weighted by molar-refractivity contribution is 5.90. The summed E-state index contributed by atoms with van der Waals surface area (Å²) in [6.45, 7) is 4.13. The molecular weight excluding hydrogens is 356 g/mol. The molecule has 0 aliphatic carbocycles. The Balaban J connectivity index is 1.69. The molecule has 0 spiro atoms. The van der Waals surface area contributed by atoms with E-state index in [1.807, 2.05) is 6.07 Å². The van der Waals surface area contributed by atoms with Gasteiger partial charge in [0.2, 0.25) is 0 Å². The SMILES string of the molecule is Cc1ccc(-n2ncc3c2ncn2nc(-c4ccc(O)cc4O)nc32)cc1C. The lowest BCUT2D eigenvalue weighted by molar-refractivity contribution is 0.451. The van der Waals surface area contributed by atoms with Crippen LogP contribution in [-0.2, 0) is 0 Å². The summed E-state index contributed by atoms with van der Waals surface area (Å²) in [5, 5.41) is 29.2. The molecule has 0 aliphatic rings. The third kappa shape index (κ3) is 2.38. The van der Waals surface area contributed by atoms with Gasteiger partial charge >= 0.3 is 0 Å². The van der Waals surface area contributed by atoms with E-state index in [2.05, 4.69) is 46.1 Å².